The van der Waals surface area contributed by atoms with Crippen molar-refractivity contribution >= 4 is 12.1 Å². The molecule has 0 bridgehead atoms. The number of alkyl halides is 2. The minimum atomic E-state index is -2.98. The second-order valence-corrected chi connectivity index (χ2v) is 2.34. The van der Waals surface area contributed by atoms with Crippen LogP contribution in [0.15, 0.2) is 10.9 Å². The lowest BCUT2D eigenvalue weighted by molar-refractivity contribution is 0.110. The number of carbonyl (C=O) groups excluding carboxylic acids is 1. The summed E-state index contributed by atoms with van der Waals surface area (Å²) in [6.45, 7) is 0. The molecule has 0 aliphatic rings. The Hall–Kier alpha value is -1.72. The van der Waals surface area contributed by atoms with E-state index in [1.54, 1.807) is 0 Å². The Morgan fingerprint density at radius 1 is 1.54 bits per heavy atom. The van der Waals surface area contributed by atoms with E-state index in [0.717, 1.165) is 6.07 Å². The van der Waals surface area contributed by atoms with Gasteiger partial charge in [0.05, 0.1) is 5.56 Å². The first-order chi connectivity index (χ1) is 6.06. The molecule has 0 unspecified atom stereocenters. The van der Waals surface area contributed by atoms with Gasteiger partial charge in [0.25, 0.3) is 12.0 Å². The van der Waals surface area contributed by atoms with Crippen LogP contribution in [0, 0.1) is 0 Å². The predicted molar refractivity (Wildman–Crippen MR) is 41.8 cm³/mol. The summed E-state index contributed by atoms with van der Waals surface area (Å²) >= 11 is 0. The van der Waals surface area contributed by atoms with Gasteiger partial charge in [-0.2, -0.15) is 0 Å². The summed E-state index contributed by atoms with van der Waals surface area (Å²) in [5, 5.41) is 0. The van der Waals surface area contributed by atoms with Crippen molar-refractivity contribution in [1.82, 2.24) is 4.98 Å². The van der Waals surface area contributed by atoms with Gasteiger partial charge in [-0.3, -0.25) is 9.59 Å². The van der Waals surface area contributed by atoms with E-state index in [4.69, 9.17) is 5.73 Å². The molecule has 0 fully saturated rings. The van der Waals surface area contributed by atoms with Gasteiger partial charge in [-0.05, 0) is 6.07 Å². The first kappa shape index (κ1) is 9.37. The lowest BCUT2D eigenvalue weighted by Gasteiger charge is -2.02. The molecule has 0 aromatic carbocycles. The molecule has 0 aliphatic carbocycles. The molecule has 0 atom stereocenters. The summed E-state index contributed by atoms with van der Waals surface area (Å²) in [6, 6.07) is 0.996. The van der Waals surface area contributed by atoms with E-state index in [1.807, 2.05) is 4.98 Å². The standard InChI is InChI=1S/C7H6F2N2O2/c8-6(9)5-3(2-12)1-4(10)11-7(5)13/h1-2,6H,(H3,10,11,13). The van der Waals surface area contributed by atoms with Crippen molar-refractivity contribution in [2.24, 2.45) is 0 Å². The van der Waals surface area contributed by atoms with Crippen LogP contribution in [0.4, 0.5) is 14.6 Å². The molecule has 4 nitrogen and oxygen atoms in total. The highest BCUT2D eigenvalue weighted by atomic mass is 19.3. The van der Waals surface area contributed by atoms with Gasteiger partial charge in [0, 0.05) is 5.56 Å². The van der Waals surface area contributed by atoms with Crippen molar-refractivity contribution in [3.63, 3.8) is 0 Å². The van der Waals surface area contributed by atoms with E-state index in [2.05, 4.69) is 0 Å². The molecule has 1 aromatic heterocycles. The number of pyridine rings is 1. The first-order valence-corrected chi connectivity index (χ1v) is 3.32. The summed E-state index contributed by atoms with van der Waals surface area (Å²) in [4.78, 5) is 23.2. The molecule has 0 amide bonds. The van der Waals surface area contributed by atoms with Crippen LogP contribution < -0.4 is 11.3 Å². The fraction of sp³-hybridized carbons (Fsp3) is 0.143. The maximum absolute atomic E-state index is 12.2. The molecule has 1 rings (SSSR count). The van der Waals surface area contributed by atoms with Gasteiger partial charge in [-0.15, -0.1) is 0 Å². The zero-order chi connectivity index (χ0) is 10.0. The molecule has 1 aromatic rings. The Balaban J connectivity index is 3.47. The average molecular weight is 188 g/mol. The van der Waals surface area contributed by atoms with Gasteiger partial charge in [-0.25, -0.2) is 8.78 Å². The van der Waals surface area contributed by atoms with Crippen LogP contribution in [-0.4, -0.2) is 11.3 Å². The number of rotatable bonds is 2. The van der Waals surface area contributed by atoms with Crippen LogP contribution in [0.5, 0.6) is 0 Å². The Morgan fingerprint density at radius 3 is 2.62 bits per heavy atom. The van der Waals surface area contributed by atoms with Crippen molar-refractivity contribution in [3.8, 4) is 0 Å². The molecule has 0 saturated carbocycles. The fourth-order valence-electron chi connectivity index (χ4n) is 0.933. The Morgan fingerprint density at radius 2 is 2.15 bits per heavy atom. The van der Waals surface area contributed by atoms with E-state index in [9.17, 15) is 18.4 Å². The third-order valence-corrected chi connectivity index (χ3v) is 1.47. The number of aromatic nitrogens is 1. The number of aldehydes is 1. The van der Waals surface area contributed by atoms with Gasteiger partial charge in [0.2, 0.25) is 0 Å². The number of nitrogens with two attached hydrogens (primary N) is 1. The van der Waals surface area contributed by atoms with Crippen molar-refractivity contribution in [1.29, 1.82) is 0 Å². The highest BCUT2D eigenvalue weighted by Gasteiger charge is 2.17. The molecule has 0 radical (unpaired) electrons. The molecule has 6 heteroatoms. The van der Waals surface area contributed by atoms with Crippen molar-refractivity contribution in [3.05, 3.63) is 27.5 Å². The highest BCUT2D eigenvalue weighted by molar-refractivity contribution is 5.78. The van der Waals surface area contributed by atoms with Crippen LogP contribution in [0.3, 0.4) is 0 Å². The molecular formula is C7H6F2N2O2. The predicted octanol–water partition coefficient (Wildman–Crippen LogP) is 0.707. The normalized spacial score (nSPS) is 10.4. The molecule has 0 spiro atoms. The zero-order valence-corrected chi connectivity index (χ0v) is 6.38. The number of anilines is 1. The van der Waals surface area contributed by atoms with E-state index >= 15 is 0 Å². The first-order valence-electron chi connectivity index (χ1n) is 3.32. The minimum absolute atomic E-state index is 0.114. The number of H-pyrrole nitrogens is 1. The molecule has 70 valence electrons. The van der Waals surface area contributed by atoms with Crippen molar-refractivity contribution in [2.75, 3.05) is 5.73 Å². The molecule has 0 aliphatic heterocycles. The second-order valence-electron chi connectivity index (χ2n) is 2.34. The lowest BCUT2D eigenvalue weighted by Crippen LogP contribution is -2.17. The largest absolute Gasteiger partial charge is 0.385 e. The van der Waals surface area contributed by atoms with Crippen LogP contribution in [0.1, 0.15) is 22.3 Å². The summed E-state index contributed by atoms with van der Waals surface area (Å²) < 4.78 is 24.4. The Kier molecular flexibility index (Phi) is 2.41. The smallest absolute Gasteiger partial charge is 0.269 e. The van der Waals surface area contributed by atoms with Gasteiger partial charge in [-0.1, -0.05) is 0 Å². The van der Waals surface area contributed by atoms with Crippen molar-refractivity contribution in [2.45, 2.75) is 6.43 Å². The quantitative estimate of drug-likeness (QED) is 0.671. The molecule has 1 heterocycles. The van der Waals surface area contributed by atoms with Crippen molar-refractivity contribution < 1.29 is 13.6 Å². The van der Waals surface area contributed by atoms with E-state index in [1.165, 1.54) is 0 Å². The zero-order valence-electron chi connectivity index (χ0n) is 6.38. The van der Waals surface area contributed by atoms with Gasteiger partial charge < -0.3 is 10.7 Å². The maximum Gasteiger partial charge on any atom is 0.269 e. The second kappa shape index (κ2) is 3.34. The Labute approximate surface area is 71.4 Å². The number of aromatic amines is 1. The topological polar surface area (TPSA) is 76.0 Å². The third kappa shape index (κ3) is 1.71. The number of halogens is 2. The Bertz CT molecular complexity index is 387. The van der Waals surface area contributed by atoms with Crippen LogP contribution in [0.25, 0.3) is 0 Å². The third-order valence-electron chi connectivity index (χ3n) is 1.47. The summed E-state index contributed by atoms with van der Waals surface area (Å²) in [5.74, 6) is -0.114. The van der Waals surface area contributed by atoms with E-state index in [-0.39, 0.29) is 17.7 Å². The highest BCUT2D eigenvalue weighted by Crippen LogP contribution is 2.18. The van der Waals surface area contributed by atoms with Crippen LogP contribution in [0.2, 0.25) is 0 Å². The molecule has 13 heavy (non-hydrogen) atoms. The maximum atomic E-state index is 12.2. The van der Waals surface area contributed by atoms with Gasteiger partial charge >= 0.3 is 0 Å². The van der Waals surface area contributed by atoms with E-state index in [0.29, 0.717) is 0 Å². The summed E-state index contributed by atoms with van der Waals surface area (Å²) in [5.41, 5.74) is 2.89. The van der Waals surface area contributed by atoms with Crippen LogP contribution in [-0.2, 0) is 0 Å². The average Bonchev–Trinajstić information content (AvgIpc) is 2.01. The number of carbonyl (C=O) groups is 1. The number of hydrogen-bond acceptors (Lipinski definition) is 3. The summed E-state index contributed by atoms with van der Waals surface area (Å²) in [7, 11) is 0. The monoisotopic (exact) mass is 188 g/mol. The fourth-order valence-corrected chi connectivity index (χ4v) is 0.933. The van der Waals surface area contributed by atoms with Gasteiger partial charge in [0.1, 0.15) is 5.82 Å². The number of nitrogens with one attached hydrogen (secondary N) is 1. The van der Waals surface area contributed by atoms with Gasteiger partial charge in [0.15, 0.2) is 6.29 Å². The molecule has 3 N–H and O–H groups in total. The van der Waals surface area contributed by atoms with Crippen LogP contribution >= 0.6 is 0 Å². The SMILES string of the molecule is Nc1cc(C=O)c(C(F)F)c(=O)[nH]1. The van der Waals surface area contributed by atoms with E-state index < -0.39 is 17.5 Å². The number of hydrogen-bond donors (Lipinski definition) is 2. The lowest BCUT2D eigenvalue weighted by atomic mass is 10.1. The molecular weight excluding hydrogens is 182 g/mol. The minimum Gasteiger partial charge on any atom is -0.385 e. The molecule has 0 saturated heterocycles. The summed E-state index contributed by atoms with van der Waals surface area (Å²) in [6.07, 6.45) is -2.81. The number of nitrogen functional groups attached to an aromatic ring is 1.